The van der Waals surface area contributed by atoms with Crippen LogP contribution in [-0.2, 0) is 17.9 Å². The summed E-state index contributed by atoms with van der Waals surface area (Å²) in [5, 5.41) is 10.4. The molecule has 1 aliphatic carbocycles. The highest BCUT2D eigenvalue weighted by Gasteiger charge is 2.45. The normalized spacial score (nSPS) is 20.0. The zero-order valence-electron chi connectivity index (χ0n) is 18.1. The van der Waals surface area contributed by atoms with Gasteiger partial charge in [-0.2, -0.15) is 23.6 Å². The number of halogens is 2. The van der Waals surface area contributed by atoms with Crippen LogP contribution in [0.2, 0.25) is 0 Å². The monoisotopic (exact) mass is 453 g/mol. The average molecular weight is 454 g/mol. The molecule has 1 fully saturated rings. The number of anilines is 3. The van der Waals surface area contributed by atoms with Gasteiger partial charge in [0.15, 0.2) is 5.82 Å². The van der Waals surface area contributed by atoms with Gasteiger partial charge >= 0.3 is 0 Å². The Kier molecular flexibility index (Phi) is 6.45. The number of carbonyl (C=O) groups is 1. The molecule has 2 aromatic heterocycles. The maximum absolute atomic E-state index is 13.0. The highest BCUT2D eigenvalue weighted by molar-refractivity contribution is 7.59. The average Bonchev–Trinajstić information content (AvgIpc) is 3.07. The van der Waals surface area contributed by atoms with Crippen molar-refractivity contribution in [3.8, 4) is 0 Å². The van der Waals surface area contributed by atoms with Crippen molar-refractivity contribution < 1.29 is 13.6 Å². The van der Waals surface area contributed by atoms with Gasteiger partial charge in [-0.15, -0.1) is 0 Å². The molecular weight excluding hydrogens is 424 g/mol. The number of carbonyl (C=O) groups excluding carboxylic acids is 1. The van der Waals surface area contributed by atoms with E-state index in [1.807, 2.05) is 38.9 Å². The van der Waals surface area contributed by atoms with E-state index >= 15 is 0 Å². The Balaban J connectivity index is 0.00000272. The Hall–Kier alpha value is -2.43. The number of aryl methyl sites for hydroxylation is 1. The van der Waals surface area contributed by atoms with Crippen molar-refractivity contribution in [1.29, 1.82) is 0 Å². The molecule has 0 spiro atoms. The number of hydrogen-bond donors (Lipinski definition) is 2. The first-order chi connectivity index (χ1) is 14.1. The number of likely N-dealkylation sites (N-methyl/N-ethyl adjacent to an activating group) is 1. The summed E-state index contributed by atoms with van der Waals surface area (Å²) in [4.78, 5) is 23.4. The smallest absolute Gasteiger partial charge is 0.248 e. The number of alkyl halides is 2. The van der Waals surface area contributed by atoms with Crippen LogP contribution in [0.4, 0.5) is 26.2 Å². The van der Waals surface area contributed by atoms with Crippen LogP contribution < -0.4 is 15.5 Å². The lowest BCUT2D eigenvalue weighted by Crippen LogP contribution is -2.49. The van der Waals surface area contributed by atoms with Gasteiger partial charge in [0.2, 0.25) is 17.8 Å². The van der Waals surface area contributed by atoms with Gasteiger partial charge in [-0.3, -0.25) is 9.48 Å². The Morgan fingerprint density at radius 1 is 1.32 bits per heavy atom. The van der Waals surface area contributed by atoms with Crippen LogP contribution in [0.15, 0.2) is 12.4 Å². The zero-order valence-corrected chi connectivity index (χ0v) is 19.1. The van der Waals surface area contributed by atoms with E-state index in [4.69, 9.17) is 0 Å². The number of nitrogens with one attached hydrogen (secondary N) is 2. The Morgan fingerprint density at radius 2 is 2.03 bits per heavy atom. The molecule has 0 aromatic carbocycles. The summed E-state index contributed by atoms with van der Waals surface area (Å²) in [5.74, 6) is -1.30. The van der Waals surface area contributed by atoms with E-state index in [2.05, 4.69) is 25.7 Å². The minimum Gasteiger partial charge on any atom is -0.350 e. The van der Waals surface area contributed by atoms with Crippen molar-refractivity contribution in [2.24, 2.45) is 11.8 Å². The van der Waals surface area contributed by atoms with Crippen LogP contribution in [0.5, 0.6) is 0 Å². The van der Waals surface area contributed by atoms with Crippen molar-refractivity contribution >= 4 is 36.9 Å². The lowest BCUT2D eigenvalue weighted by molar-refractivity contribution is -0.118. The molecule has 1 saturated carbocycles. The molecule has 2 aliphatic rings. The topological polar surface area (TPSA) is 88.0 Å². The van der Waals surface area contributed by atoms with Crippen LogP contribution in [-0.4, -0.2) is 44.7 Å². The van der Waals surface area contributed by atoms with Crippen LogP contribution in [0, 0.1) is 18.8 Å². The molecule has 1 amide bonds. The van der Waals surface area contributed by atoms with Gasteiger partial charge < -0.3 is 15.5 Å². The van der Waals surface area contributed by atoms with Crippen molar-refractivity contribution in [3.05, 3.63) is 23.7 Å². The van der Waals surface area contributed by atoms with Gasteiger partial charge in [0, 0.05) is 44.7 Å². The molecule has 0 unspecified atom stereocenters. The first kappa shape index (κ1) is 23.2. The molecule has 1 atom stereocenters. The molecule has 2 N–H and O–H groups in total. The SMILES string of the molecule is Cc1nc(NCc2cnn(CC3CC(F)(F)C3)c2)nc2c1NC(=O)[C@H](C(C)C)N2C.S. The maximum atomic E-state index is 13.0. The number of nitrogens with zero attached hydrogens (tertiary/aromatic N) is 5. The molecule has 3 heterocycles. The number of aromatic nitrogens is 4. The van der Waals surface area contributed by atoms with E-state index in [0.717, 1.165) is 5.56 Å². The summed E-state index contributed by atoms with van der Waals surface area (Å²) in [6.45, 7) is 6.80. The van der Waals surface area contributed by atoms with E-state index in [-0.39, 0.29) is 50.1 Å². The van der Waals surface area contributed by atoms with Crippen LogP contribution in [0.3, 0.4) is 0 Å². The fourth-order valence-electron chi connectivity index (χ4n) is 4.25. The third-order valence-electron chi connectivity index (χ3n) is 5.73. The number of fused-ring (bicyclic) bond motifs is 1. The summed E-state index contributed by atoms with van der Waals surface area (Å²) < 4.78 is 27.7. The summed E-state index contributed by atoms with van der Waals surface area (Å²) in [7, 11) is 1.87. The van der Waals surface area contributed by atoms with E-state index in [1.54, 1.807) is 10.9 Å². The van der Waals surface area contributed by atoms with E-state index < -0.39 is 5.92 Å². The lowest BCUT2D eigenvalue weighted by atomic mass is 9.81. The summed E-state index contributed by atoms with van der Waals surface area (Å²) >= 11 is 0. The Morgan fingerprint density at radius 3 is 2.68 bits per heavy atom. The second-order valence-corrected chi connectivity index (χ2v) is 8.67. The molecule has 4 rings (SSSR count). The number of amides is 1. The van der Waals surface area contributed by atoms with Gasteiger partial charge in [-0.25, -0.2) is 13.8 Å². The molecular formula is C20H29F2N7OS. The Bertz CT molecular complexity index is 957. The van der Waals surface area contributed by atoms with Gasteiger partial charge in [-0.05, 0) is 18.8 Å². The van der Waals surface area contributed by atoms with Crippen LogP contribution in [0.25, 0.3) is 0 Å². The second-order valence-electron chi connectivity index (χ2n) is 8.67. The quantitative estimate of drug-likeness (QED) is 0.699. The Labute approximate surface area is 187 Å². The minimum atomic E-state index is -2.51. The third-order valence-corrected chi connectivity index (χ3v) is 5.73. The van der Waals surface area contributed by atoms with Crippen molar-refractivity contribution in [2.75, 3.05) is 22.6 Å². The summed E-state index contributed by atoms with van der Waals surface area (Å²) in [6.07, 6.45) is 3.44. The van der Waals surface area contributed by atoms with Crippen LogP contribution >= 0.6 is 13.5 Å². The zero-order chi connectivity index (χ0) is 21.6. The molecule has 170 valence electrons. The molecule has 0 bridgehead atoms. The van der Waals surface area contributed by atoms with Crippen LogP contribution in [0.1, 0.15) is 37.9 Å². The third kappa shape index (κ3) is 4.76. The standard InChI is InChI=1S/C20H27F2N7O.H2S/c1-11(2)16-18(30)26-15-12(3)25-19(27-17(15)28(16)4)23-7-14-8-24-29(10-14)9-13-5-20(21,22)6-13;/h8,10-11,13,16H,5-7,9H2,1-4H3,(H,26,30)(H,23,25,27);1H2/t16-;/m0./s1. The molecule has 11 heteroatoms. The highest BCUT2D eigenvalue weighted by atomic mass is 32.1. The predicted molar refractivity (Wildman–Crippen MR) is 120 cm³/mol. The maximum Gasteiger partial charge on any atom is 0.248 e. The highest BCUT2D eigenvalue weighted by Crippen LogP contribution is 2.43. The lowest BCUT2D eigenvalue weighted by Gasteiger charge is -2.36. The summed E-state index contributed by atoms with van der Waals surface area (Å²) in [6, 6.07) is -0.295. The molecule has 0 radical (unpaired) electrons. The number of hydrogen-bond acceptors (Lipinski definition) is 6. The van der Waals surface area contributed by atoms with Gasteiger partial charge in [0.1, 0.15) is 11.7 Å². The predicted octanol–water partition coefficient (Wildman–Crippen LogP) is 3.16. The van der Waals surface area contributed by atoms with E-state index in [1.165, 1.54) is 0 Å². The largest absolute Gasteiger partial charge is 0.350 e. The fraction of sp³-hybridized carbons (Fsp3) is 0.600. The van der Waals surface area contributed by atoms with Crippen molar-refractivity contribution in [3.63, 3.8) is 0 Å². The van der Waals surface area contributed by atoms with Crippen molar-refractivity contribution in [2.45, 2.75) is 58.7 Å². The minimum absolute atomic E-state index is 0. The molecule has 1 aliphatic heterocycles. The molecule has 31 heavy (non-hydrogen) atoms. The molecule has 8 nitrogen and oxygen atoms in total. The first-order valence-corrected chi connectivity index (χ1v) is 10.2. The fourth-order valence-corrected chi connectivity index (χ4v) is 4.25. The first-order valence-electron chi connectivity index (χ1n) is 10.2. The molecule has 2 aromatic rings. The van der Waals surface area contributed by atoms with Crippen molar-refractivity contribution in [1.82, 2.24) is 19.7 Å². The molecule has 0 saturated heterocycles. The van der Waals surface area contributed by atoms with Gasteiger partial charge in [0.05, 0.1) is 11.9 Å². The van der Waals surface area contributed by atoms with Gasteiger partial charge in [0.25, 0.3) is 0 Å². The van der Waals surface area contributed by atoms with E-state index in [0.29, 0.717) is 36.2 Å². The number of rotatable bonds is 6. The summed E-state index contributed by atoms with van der Waals surface area (Å²) in [5.41, 5.74) is 2.24. The van der Waals surface area contributed by atoms with E-state index in [9.17, 15) is 13.6 Å². The second kappa shape index (κ2) is 8.60. The van der Waals surface area contributed by atoms with Gasteiger partial charge in [-0.1, -0.05) is 13.8 Å².